The van der Waals surface area contributed by atoms with E-state index in [1.807, 2.05) is 25.7 Å². The molecular weight excluding hydrogens is 266 g/mol. The summed E-state index contributed by atoms with van der Waals surface area (Å²) in [5.74, 6) is 0.828. The van der Waals surface area contributed by atoms with E-state index in [0.717, 1.165) is 32.1 Å². The van der Waals surface area contributed by atoms with Crippen LogP contribution in [-0.4, -0.2) is 79.3 Å². The third-order valence-corrected chi connectivity index (χ3v) is 4.38. The molecular formula is C16H31N3O2. The van der Waals surface area contributed by atoms with Crippen molar-refractivity contribution >= 4 is 6.09 Å². The summed E-state index contributed by atoms with van der Waals surface area (Å²) in [7, 11) is 2.20. The van der Waals surface area contributed by atoms with Crippen molar-refractivity contribution in [1.29, 1.82) is 0 Å². The number of carbonyl (C=O) groups is 1. The van der Waals surface area contributed by atoms with Crippen molar-refractivity contribution in [3.8, 4) is 0 Å². The van der Waals surface area contributed by atoms with Crippen molar-refractivity contribution < 1.29 is 9.53 Å². The van der Waals surface area contributed by atoms with Crippen LogP contribution < -0.4 is 0 Å². The fraction of sp³-hybridized carbons (Fsp3) is 0.938. The highest BCUT2D eigenvalue weighted by molar-refractivity contribution is 5.68. The maximum absolute atomic E-state index is 12.0. The van der Waals surface area contributed by atoms with Crippen LogP contribution >= 0.6 is 0 Å². The number of piperidine rings is 1. The van der Waals surface area contributed by atoms with E-state index < -0.39 is 5.60 Å². The third-order valence-electron chi connectivity index (χ3n) is 4.38. The van der Waals surface area contributed by atoms with Crippen LogP contribution in [0.15, 0.2) is 0 Å². The molecule has 1 amide bonds. The van der Waals surface area contributed by atoms with Gasteiger partial charge in [0.15, 0.2) is 0 Å². The number of piperazine rings is 1. The van der Waals surface area contributed by atoms with Crippen LogP contribution in [0.5, 0.6) is 0 Å². The second-order valence-electron chi connectivity index (χ2n) is 7.51. The molecule has 0 saturated carbocycles. The summed E-state index contributed by atoms with van der Waals surface area (Å²) in [4.78, 5) is 18.8. The van der Waals surface area contributed by atoms with Crippen molar-refractivity contribution in [3.05, 3.63) is 0 Å². The molecule has 2 aliphatic rings. The lowest BCUT2D eigenvalue weighted by atomic mass is 9.96. The van der Waals surface area contributed by atoms with E-state index in [2.05, 4.69) is 16.8 Å². The van der Waals surface area contributed by atoms with Gasteiger partial charge in [0, 0.05) is 32.7 Å². The first-order valence-electron chi connectivity index (χ1n) is 8.22. The molecule has 0 aliphatic carbocycles. The quantitative estimate of drug-likeness (QED) is 0.780. The van der Waals surface area contributed by atoms with E-state index in [1.54, 1.807) is 0 Å². The summed E-state index contributed by atoms with van der Waals surface area (Å²) in [6.45, 7) is 12.9. The van der Waals surface area contributed by atoms with E-state index in [4.69, 9.17) is 4.74 Å². The zero-order valence-electron chi connectivity index (χ0n) is 14.1. The number of hydrogen-bond acceptors (Lipinski definition) is 4. The van der Waals surface area contributed by atoms with Crippen LogP contribution in [0.3, 0.4) is 0 Å². The minimum Gasteiger partial charge on any atom is -0.444 e. The number of nitrogens with zero attached hydrogens (tertiary/aromatic N) is 3. The summed E-state index contributed by atoms with van der Waals surface area (Å²) in [6.07, 6.45) is 2.45. The zero-order valence-corrected chi connectivity index (χ0v) is 14.1. The normalized spacial score (nSPS) is 23.3. The summed E-state index contributed by atoms with van der Waals surface area (Å²) in [6, 6.07) is 0. The molecule has 0 bridgehead atoms. The van der Waals surface area contributed by atoms with E-state index >= 15 is 0 Å². The molecule has 2 heterocycles. The van der Waals surface area contributed by atoms with Crippen molar-refractivity contribution in [3.63, 3.8) is 0 Å². The molecule has 0 aromatic heterocycles. The van der Waals surface area contributed by atoms with Gasteiger partial charge in [-0.2, -0.15) is 0 Å². The standard InChI is InChI=1S/C16H31N3O2/c1-16(2,3)21-15(20)19-11-9-18(10-12-19)13-14-5-7-17(4)8-6-14/h14H,5-13H2,1-4H3. The topological polar surface area (TPSA) is 36.0 Å². The minimum absolute atomic E-state index is 0.165. The Bertz CT molecular complexity index is 338. The van der Waals surface area contributed by atoms with Gasteiger partial charge in [0.05, 0.1) is 0 Å². The number of carbonyl (C=O) groups excluding carboxylic acids is 1. The molecule has 0 aromatic rings. The average molecular weight is 297 g/mol. The van der Waals surface area contributed by atoms with Crippen LogP contribution in [0.25, 0.3) is 0 Å². The SMILES string of the molecule is CN1CCC(CN2CCN(C(=O)OC(C)(C)C)CC2)CC1. The Hall–Kier alpha value is -0.810. The van der Waals surface area contributed by atoms with E-state index in [0.29, 0.717) is 0 Å². The van der Waals surface area contributed by atoms with E-state index in [9.17, 15) is 4.79 Å². The van der Waals surface area contributed by atoms with Gasteiger partial charge in [0.1, 0.15) is 5.60 Å². The fourth-order valence-corrected chi connectivity index (χ4v) is 3.05. The van der Waals surface area contributed by atoms with Gasteiger partial charge < -0.3 is 14.5 Å². The summed E-state index contributed by atoms with van der Waals surface area (Å²) in [5, 5.41) is 0. The highest BCUT2D eigenvalue weighted by Gasteiger charge is 2.27. The molecule has 2 saturated heterocycles. The van der Waals surface area contributed by atoms with Gasteiger partial charge in [-0.3, -0.25) is 4.90 Å². The zero-order chi connectivity index (χ0) is 15.5. The van der Waals surface area contributed by atoms with Gasteiger partial charge >= 0.3 is 6.09 Å². The second-order valence-corrected chi connectivity index (χ2v) is 7.51. The Morgan fingerprint density at radius 3 is 2.14 bits per heavy atom. The largest absolute Gasteiger partial charge is 0.444 e. The first kappa shape index (κ1) is 16.6. The maximum atomic E-state index is 12.0. The second kappa shape index (κ2) is 6.97. The first-order valence-corrected chi connectivity index (χ1v) is 8.22. The number of likely N-dealkylation sites (tertiary alicyclic amines) is 1. The lowest BCUT2D eigenvalue weighted by molar-refractivity contribution is 0.0124. The van der Waals surface area contributed by atoms with Gasteiger partial charge in [-0.15, -0.1) is 0 Å². The van der Waals surface area contributed by atoms with Crippen LogP contribution in [0.1, 0.15) is 33.6 Å². The smallest absolute Gasteiger partial charge is 0.410 e. The number of rotatable bonds is 2. The van der Waals surface area contributed by atoms with Gasteiger partial charge in [-0.1, -0.05) is 0 Å². The van der Waals surface area contributed by atoms with E-state index in [-0.39, 0.29) is 6.09 Å². The molecule has 21 heavy (non-hydrogen) atoms. The molecule has 0 atom stereocenters. The summed E-state index contributed by atoms with van der Waals surface area (Å²) < 4.78 is 5.44. The Morgan fingerprint density at radius 1 is 1.05 bits per heavy atom. The monoisotopic (exact) mass is 297 g/mol. The summed E-state index contributed by atoms with van der Waals surface area (Å²) >= 11 is 0. The number of amides is 1. The van der Waals surface area contributed by atoms with Gasteiger partial charge in [-0.05, 0) is 59.7 Å². The lowest BCUT2D eigenvalue weighted by Crippen LogP contribution is -2.51. The molecule has 2 aliphatic heterocycles. The van der Waals surface area contributed by atoms with E-state index in [1.165, 1.54) is 32.5 Å². The molecule has 2 rings (SSSR count). The predicted molar refractivity (Wildman–Crippen MR) is 84.5 cm³/mol. The van der Waals surface area contributed by atoms with Crippen molar-refractivity contribution in [1.82, 2.24) is 14.7 Å². The Balaban J connectivity index is 1.69. The van der Waals surface area contributed by atoms with Crippen molar-refractivity contribution in [2.45, 2.75) is 39.2 Å². The van der Waals surface area contributed by atoms with Crippen LogP contribution in [0.4, 0.5) is 4.79 Å². The fourth-order valence-electron chi connectivity index (χ4n) is 3.05. The van der Waals surface area contributed by atoms with Crippen molar-refractivity contribution in [2.24, 2.45) is 5.92 Å². The molecule has 2 fully saturated rings. The van der Waals surface area contributed by atoms with Gasteiger partial charge in [0.2, 0.25) is 0 Å². The molecule has 0 unspecified atom stereocenters. The van der Waals surface area contributed by atoms with Crippen molar-refractivity contribution in [2.75, 3.05) is 52.9 Å². The molecule has 0 radical (unpaired) electrons. The highest BCUT2D eigenvalue weighted by Crippen LogP contribution is 2.18. The van der Waals surface area contributed by atoms with Crippen LogP contribution in [0, 0.1) is 5.92 Å². The van der Waals surface area contributed by atoms with Crippen LogP contribution in [0.2, 0.25) is 0 Å². The molecule has 122 valence electrons. The van der Waals surface area contributed by atoms with Gasteiger partial charge in [-0.25, -0.2) is 4.79 Å². The first-order chi connectivity index (χ1) is 9.83. The van der Waals surface area contributed by atoms with Gasteiger partial charge in [0.25, 0.3) is 0 Å². The molecule has 0 N–H and O–H groups in total. The molecule has 0 aromatic carbocycles. The Labute approximate surface area is 129 Å². The Kier molecular flexibility index (Phi) is 5.49. The Morgan fingerprint density at radius 2 is 1.62 bits per heavy atom. The highest BCUT2D eigenvalue weighted by atomic mass is 16.6. The number of hydrogen-bond donors (Lipinski definition) is 0. The molecule has 0 spiro atoms. The number of ether oxygens (including phenoxy) is 1. The van der Waals surface area contributed by atoms with Crippen LogP contribution in [-0.2, 0) is 4.74 Å². The molecule has 5 nitrogen and oxygen atoms in total. The molecule has 5 heteroatoms. The third kappa shape index (κ3) is 5.47. The maximum Gasteiger partial charge on any atom is 0.410 e. The summed E-state index contributed by atoms with van der Waals surface area (Å²) in [5.41, 5.74) is -0.400. The average Bonchev–Trinajstić information content (AvgIpc) is 2.40. The minimum atomic E-state index is -0.400. The lowest BCUT2D eigenvalue weighted by Gasteiger charge is -2.38. The predicted octanol–water partition coefficient (Wildman–Crippen LogP) is 1.88.